The normalized spacial score (nSPS) is 20.1. The molecule has 1 saturated heterocycles. The Hall–Kier alpha value is -2.27. The van der Waals surface area contributed by atoms with Crippen LogP contribution in [0.15, 0.2) is 11.0 Å². The minimum absolute atomic E-state index is 0.0749. The summed E-state index contributed by atoms with van der Waals surface area (Å²) in [6, 6.07) is 0. The van der Waals surface area contributed by atoms with E-state index in [2.05, 4.69) is 16.6 Å². The number of carboxylic acid groups (broad SMARTS) is 1. The van der Waals surface area contributed by atoms with Gasteiger partial charge in [-0.25, -0.2) is 13.6 Å². The summed E-state index contributed by atoms with van der Waals surface area (Å²) in [6.45, 7) is 6.49. The van der Waals surface area contributed by atoms with E-state index < -0.39 is 47.8 Å². The molecule has 1 aromatic heterocycles. The number of nitrogens with two attached hydrogens (primary N) is 1. The maximum atomic E-state index is 14.0. The van der Waals surface area contributed by atoms with Crippen LogP contribution in [-0.2, 0) is 19.1 Å². The molecular formula is C18H28ClF2N3O6. The first-order valence-corrected chi connectivity index (χ1v) is 9.80. The number of ether oxygens (including phenoxy) is 2. The standard InChI is InChI=1S/C13H17F2N3O4.C4H8O2.CH3Cl/c1-6(2)12(19)21-5-7-3-8(14)11(22-7)18-4-9(15)10(16)17-13(18)20;1-3(2)4(5)6;1-2/h4,6-8,11H,3,5H2,1-2H3,(H2,16,17,20);3H,1-2H3,(H,5,6);1H3. The van der Waals surface area contributed by atoms with Gasteiger partial charge in [0.25, 0.3) is 0 Å². The molecule has 2 rings (SSSR count). The van der Waals surface area contributed by atoms with E-state index in [4.69, 9.17) is 20.3 Å². The van der Waals surface area contributed by atoms with E-state index in [0.29, 0.717) is 4.57 Å². The van der Waals surface area contributed by atoms with Gasteiger partial charge in [-0.3, -0.25) is 14.2 Å². The van der Waals surface area contributed by atoms with Crippen LogP contribution in [0.4, 0.5) is 14.6 Å². The predicted octanol–water partition coefficient (Wildman–Crippen LogP) is 2.37. The molecule has 12 heteroatoms. The Morgan fingerprint density at radius 2 is 1.90 bits per heavy atom. The summed E-state index contributed by atoms with van der Waals surface area (Å²) in [5.74, 6) is -3.21. The number of carbonyl (C=O) groups excluding carboxylic acids is 1. The lowest BCUT2D eigenvalue weighted by Crippen LogP contribution is -2.31. The van der Waals surface area contributed by atoms with Crippen molar-refractivity contribution >= 4 is 29.4 Å². The van der Waals surface area contributed by atoms with Crippen LogP contribution in [0, 0.1) is 17.7 Å². The van der Waals surface area contributed by atoms with E-state index >= 15 is 0 Å². The van der Waals surface area contributed by atoms with Crippen LogP contribution in [0.5, 0.6) is 0 Å². The zero-order chi connectivity index (χ0) is 23.6. The molecule has 2 heterocycles. The maximum absolute atomic E-state index is 14.0. The number of carbonyl (C=O) groups is 2. The molecule has 0 amide bonds. The van der Waals surface area contributed by atoms with E-state index in [0.717, 1.165) is 6.20 Å². The number of halogens is 3. The monoisotopic (exact) mass is 455 g/mol. The molecule has 3 atom stereocenters. The fourth-order valence-electron chi connectivity index (χ4n) is 2.03. The molecule has 0 spiro atoms. The Kier molecular flexibility index (Phi) is 12.1. The zero-order valence-corrected chi connectivity index (χ0v) is 18.2. The highest BCUT2D eigenvalue weighted by Crippen LogP contribution is 2.30. The number of anilines is 1. The van der Waals surface area contributed by atoms with Gasteiger partial charge in [-0.15, -0.1) is 11.6 Å². The Labute approximate surface area is 178 Å². The highest BCUT2D eigenvalue weighted by Gasteiger charge is 2.38. The van der Waals surface area contributed by atoms with Gasteiger partial charge in [-0.1, -0.05) is 27.7 Å². The molecule has 1 aromatic rings. The van der Waals surface area contributed by atoms with Gasteiger partial charge in [-0.05, 0) is 0 Å². The lowest BCUT2D eigenvalue weighted by Gasteiger charge is -2.17. The minimum Gasteiger partial charge on any atom is -0.481 e. The van der Waals surface area contributed by atoms with E-state index in [9.17, 15) is 23.2 Å². The molecule has 172 valence electrons. The van der Waals surface area contributed by atoms with E-state index in [-0.39, 0.29) is 24.9 Å². The molecule has 30 heavy (non-hydrogen) atoms. The van der Waals surface area contributed by atoms with Crippen LogP contribution in [0.1, 0.15) is 40.3 Å². The second kappa shape index (κ2) is 13.1. The number of carboxylic acids is 1. The summed E-state index contributed by atoms with van der Waals surface area (Å²) in [6.07, 6.45) is -1.43. The van der Waals surface area contributed by atoms with Gasteiger partial charge in [0.2, 0.25) is 0 Å². The van der Waals surface area contributed by atoms with E-state index in [1.54, 1.807) is 27.7 Å². The Morgan fingerprint density at radius 1 is 1.37 bits per heavy atom. The number of hydrogen-bond donors (Lipinski definition) is 2. The number of nitrogens with zero attached hydrogens (tertiary/aromatic N) is 2. The van der Waals surface area contributed by atoms with Crippen LogP contribution in [-0.4, -0.2) is 51.9 Å². The average molecular weight is 456 g/mol. The zero-order valence-electron chi connectivity index (χ0n) is 17.5. The SMILES string of the molecule is CC(C)C(=O)O.CC(C)C(=O)OCC1CC(F)C(n2cc(F)c(N)nc2=O)O1.CCl. The number of nitrogen functional groups attached to an aromatic ring is 1. The van der Waals surface area contributed by atoms with Crippen LogP contribution < -0.4 is 11.4 Å². The van der Waals surface area contributed by atoms with Crippen molar-refractivity contribution in [1.29, 1.82) is 0 Å². The number of aliphatic carboxylic acids is 1. The summed E-state index contributed by atoms with van der Waals surface area (Å²) >= 11 is 4.64. The lowest BCUT2D eigenvalue weighted by molar-refractivity contribution is -0.152. The molecule has 0 saturated carbocycles. The number of esters is 1. The second-order valence-electron chi connectivity index (χ2n) is 6.84. The Bertz CT molecular complexity index is 760. The summed E-state index contributed by atoms with van der Waals surface area (Å²) in [5, 5.41) is 7.99. The van der Waals surface area contributed by atoms with Gasteiger partial charge in [0, 0.05) is 12.8 Å². The van der Waals surface area contributed by atoms with Gasteiger partial charge in [0.1, 0.15) is 12.8 Å². The third kappa shape index (κ3) is 8.62. The van der Waals surface area contributed by atoms with E-state index in [1.165, 1.54) is 6.38 Å². The van der Waals surface area contributed by atoms with Crippen molar-refractivity contribution in [2.75, 3.05) is 18.7 Å². The first kappa shape index (κ1) is 27.7. The molecule has 1 aliphatic rings. The van der Waals surface area contributed by atoms with E-state index in [1.807, 2.05) is 0 Å². The molecule has 0 bridgehead atoms. The second-order valence-corrected chi connectivity index (χ2v) is 6.84. The quantitative estimate of drug-likeness (QED) is 0.510. The predicted molar refractivity (Wildman–Crippen MR) is 106 cm³/mol. The van der Waals surface area contributed by atoms with Crippen LogP contribution in [0.25, 0.3) is 0 Å². The molecule has 9 nitrogen and oxygen atoms in total. The molecule has 1 aliphatic heterocycles. The highest BCUT2D eigenvalue weighted by atomic mass is 35.5. The molecule has 0 radical (unpaired) electrons. The third-order valence-corrected chi connectivity index (χ3v) is 3.71. The maximum Gasteiger partial charge on any atom is 0.351 e. The van der Waals surface area contributed by atoms with Crippen molar-refractivity contribution in [2.45, 2.75) is 52.6 Å². The molecule has 0 aromatic carbocycles. The first-order valence-electron chi connectivity index (χ1n) is 9.04. The van der Waals surface area contributed by atoms with Gasteiger partial charge in [0.05, 0.1) is 24.1 Å². The smallest absolute Gasteiger partial charge is 0.351 e. The largest absolute Gasteiger partial charge is 0.481 e. The Morgan fingerprint density at radius 3 is 2.37 bits per heavy atom. The van der Waals surface area contributed by atoms with Crippen LogP contribution >= 0.6 is 11.6 Å². The number of rotatable bonds is 5. The summed E-state index contributed by atoms with van der Waals surface area (Å²) in [5.41, 5.74) is 4.26. The number of alkyl halides is 2. The van der Waals surface area contributed by atoms with Crippen LogP contribution in [0.2, 0.25) is 0 Å². The summed E-state index contributed by atoms with van der Waals surface area (Å²) < 4.78 is 38.4. The van der Waals surface area contributed by atoms with Crippen molar-refractivity contribution in [1.82, 2.24) is 9.55 Å². The lowest BCUT2D eigenvalue weighted by atomic mass is 10.2. The fraction of sp³-hybridized carbons (Fsp3) is 0.667. The first-order chi connectivity index (χ1) is 13.9. The summed E-state index contributed by atoms with van der Waals surface area (Å²) in [4.78, 5) is 36.0. The van der Waals surface area contributed by atoms with Crippen molar-refractivity contribution in [3.05, 3.63) is 22.5 Å². The molecular weight excluding hydrogens is 428 g/mol. The van der Waals surface area contributed by atoms with Crippen molar-refractivity contribution in [3.8, 4) is 0 Å². The number of hydrogen-bond acceptors (Lipinski definition) is 7. The summed E-state index contributed by atoms with van der Waals surface area (Å²) in [7, 11) is 0. The minimum atomic E-state index is -1.55. The van der Waals surface area contributed by atoms with Gasteiger partial charge in [0.15, 0.2) is 17.9 Å². The molecule has 1 fully saturated rings. The fourth-order valence-corrected chi connectivity index (χ4v) is 2.03. The van der Waals surface area contributed by atoms with Crippen molar-refractivity contribution in [2.24, 2.45) is 11.8 Å². The number of aromatic nitrogens is 2. The molecule has 3 unspecified atom stereocenters. The van der Waals surface area contributed by atoms with Crippen LogP contribution in [0.3, 0.4) is 0 Å². The molecule has 0 aliphatic carbocycles. The van der Waals surface area contributed by atoms with Crippen molar-refractivity contribution in [3.63, 3.8) is 0 Å². The molecule has 3 N–H and O–H groups in total. The van der Waals surface area contributed by atoms with Gasteiger partial charge >= 0.3 is 17.6 Å². The van der Waals surface area contributed by atoms with Gasteiger partial charge in [-0.2, -0.15) is 4.98 Å². The topological polar surface area (TPSA) is 134 Å². The highest BCUT2D eigenvalue weighted by molar-refractivity contribution is 6.15. The Balaban J connectivity index is 0.000000905. The third-order valence-electron chi connectivity index (χ3n) is 3.71. The van der Waals surface area contributed by atoms with Gasteiger partial charge < -0.3 is 20.3 Å². The average Bonchev–Trinajstić information content (AvgIpc) is 3.05. The van der Waals surface area contributed by atoms with Crippen molar-refractivity contribution < 1.29 is 33.0 Å².